The molecule has 0 unspecified atom stereocenters. The SMILES string of the molecule is O=Cc1cc(Cl)cc(C2CCCC2)c1. The molecule has 14 heavy (non-hydrogen) atoms. The first-order chi connectivity index (χ1) is 6.79. The number of rotatable bonds is 2. The molecule has 0 saturated heterocycles. The van der Waals surface area contributed by atoms with Crippen molar-refractivity contribution in [3.8, 4) is 0 Å². The standard InChI is InChI=1S/C12H13ClO/c13-12-6-9(8-14)5-11(7-12)10-3-1-2-4-10/h5-8,10H,1-4H2. The average Bonchev–Trinajstić information content (AvgIpc) is 2.69. The van der Waals surface area contributed by atoms with Crippen LogP contribution >= 0.6 is 11.6 Å². The molecule has 1 saturated carbocycles. The van der Waals surface area contributed by atoms with E-state index in [1.807, 2.05) is 12.1 Å². The van der Waals surface area contributed by atoms with E-state index in [-0.39, 0.29) is 0 Å². The van der Waals surface area contributed by atoms with Gasteiger partial charge in [-0.25, -0.2) is 0 Å². The predicted molar refractivity (Wildman–Crippen MR) is 58.0 cm³/mol. The van der Waals surface area contributed by atoms with E-state index in [1.54, 1.807) is 6.07 Å². The van der Waals surface area contributed by atoms with Crippen molar-refractivity contribution in [3.05, 3.63) is 34.3 Å². The molecule has 2 rings (SSSR count). The van der Waals surface area contributed by atoms with Gasteiger partial charge in [0.25, 0.3) is 0 Å². The quantitative estimate of drug-likeness (QED) is 0.676. The predicted octanol–water partition coefficient (Wildman–Crippen LogP) is 3.81. The van der Waals surface area contributed by atoms with Crippen LogP contribution in [0.5, 0.6) is 0 Å². The topological polar surface area (TPSA) is 17.1 Å². The van der Waals surface area contributed by atoms with Crippen LogP contribution < -0.4 is 0 Å². The molecular weight excluding hydrogens is 196 g/mol. The van der Waals surface area contributed by atoms with Crippen LogP contribution in [0, 0.1) is 0 Å². The maximum absolute atomic E-state index is 10.7. The summed E-state index contributed by atoms with van der Waals surface area (Å²) in [6.07, 6.45) is 5.93. The van der Waals surface area contributed by atoms with Gasteiger partial charge in [-0.3, -0.25) is 4.79 Å². The van der Waals surface area contributed by atoms with E-state index < -0.39 is 0 Å². The van der Waals surface area contributed by atoms with Crippen molar-refractivity contribution in [2.75, 3.05) is 0 Å². The number of hydrogen-bond donors (Lipinski definition) is 0. The minimum atomic E-state index is 0.618. The Morgan fingerprint density at radius 1 is 1.21 bits per heavy atom. The molecule has 0 spiro atoms. The number of hydrogen-bond acceptors (Lipinski definition) is 1. The van der Waals surface area contributed by atoms with Crippen molar-refractivity contribution in [2.24, 2.45) is 0 Å². The van der Waals surface area contributed by atoms with Gasteiger partial charge in [0, 0.05) is 10.6 Å². The van der Waals surface area contributed by atoms with Gasteiger partial charge in [-0.15, -0.1) is 0 Å². The summed E-state index contributed by atoms with van der Waals surface area (Å²) in [6, 6.07) is 5.67. The Kier molecular flexibility index (Phi) is 2.87. The monoisotopic (exact) mass is 208 g/mol. The van der Waals surface area contributed by atoms with Crippen LogP contribution in [-0.2, 0) is 0 Å². The lowest BCUT2D eigenvalue weighted by atomic mass is 9.96. The van der Waals surface area contributed by atoms with E-state index in [9.17, 15) is 4.79 Å². The zero-order valence-electron chi connectivity index (χ0n) is 8.00. The number of benzene rings is 1. The van der Waals surface area contributed by atoms with Crippen LogP contribution in [0.4, 0.5) is 0 Å². The van der Waals surface area contributed by atoms with E-state index in [1.165, 1.54) is 31.2 Å². The summed E-state index contributed by atoms with van der Waals surface area (Å²) in [5.41, 5.74) is 1.93. The summed E-state index contributed by atoms with van der Waals surface area (Å²) < 4.78 is 0. The van der Waals surface area contributed by atoms with Crippen molar-refractivity contribution in [1.29, 1.82) is 0 Å². The van der Waals surface area contributed by atoms with Gasteiger partial charge in [-0.2, -0.15) is 0 Å². The summed E-state index contributed by atoms with van der Waals surface area (Å²) in [5, 5.41) is 0.677. The van der Waals surface area contributed by atoms with Crippen molar-refractivity contribution in [1.82, 2.24) is 0 Å². The molecule has 2 heteroatoms. The molecule has 0 heterocycles. The molecule has 1 aromatic carbocycles. The molecular formula is C12H13ClO. The van der Waals surface area contributed by atoms with Crippen LogP contribution in [0.2, 0.25) is 5.02 Å². The minimum absolute atomic E-state index is 0.618. The van der Waals surface area contributed by atoms with Gasteiger partial charge in [0.2, 0.25) is 0 Å². The number of halogens is 1. The molecule has 74 valence electrons. The van der Waals surface area contributed by atoms with Gasteiger partial charge >= 0.3 is 0 Å². The van der Waals surface area contributed by atoms with Crippen LogP contribution in [0.3, 0.4) is 0 Å². The van der Waals surface area contributed by atoms with E-state index in [0.717, 1.165) is 6.29 Å². The molecule has 0 aliphatic heterocycles. The normalized spacial score (nSPS) is 17.2. The van der Waals surface area contributed by atoms with Crippen LogP contribution in [0.25, 0.3) is 0 Å². The highest BCUT2D eigenvalue weighted by Gasteiger charge is 2.17. The first-order valence-corrected chi connectivity index (χ1v) is 5.43. The van der Waals surface area contributed by atoms with Crippen molar-refractivity contribution in [3.63, 3.8) is 0 Å². The van der Waals surface area contributed by atoms with Gasteiger partial charge < -0.3 is 0 Å². The summed E-state index contributed by atoms with van der Waals surface area (Å²) in [4.78, 5) is 10.7. The second-order valence-electron chi connectivity index (χ2n) is 3.92. The molecule has 0 aromatic heterocycles. The third-order valence-corrected chi connectivity index (χ3v) is 3.12. The van der Waals surface area contributed by atoms with Gasteiger partial charge in [0.05, 0.1) is 0 Å². The lowest BCUT2D eigenvalue weighted by Gasteiger charge is -2.10. The minimum Gasteiger partial charge on any atom is -0.298 e. The Morgan fingerprint density at radius 2 is 1.93 bits per heavy atom. The maximum atomic E-state index is 10.7. The van der Waals surface area contributed by atoms with Crippen LogP contribution in [0.1, 0.15) is 47.5 Å². The maximum Gasteiger partial charge on any atom is 0.150 e. The van der Waals surface area contributed by atoms with Crippen molar-refractivity contribution >= 4 is 17.9 Å². The first-order valence-electron chi connectivity index (χ1n) is 5.05. The molecule has 1 fully saturated rings. The number of aldehydes is 1. The molecule has 1 aromatic rings. The fourth-order valence-corrected chi connectivity index (χ4v) is 2.45. The molecule has 0 N–H and O–H groups in total. The lowest BCUT2D eigenvalue weighted by molar-refractivity contribution is 0.112. The second-order valence-corrected chi connectivity index (χ2v) is 4.35. The Labute approximate surface area is 89.1 Å². The Bertz CT molecular complexity index is 340. The molecule has 1 aliphatic carbocycles. The van der Waals surface area contributed by atoms with Gasteiger partial charge in [-0.1, -0.05) is 24.4 Å². The van der Waals surface area contributed by atoms with Gasteiger partial charge in [0.15, 0.2) is 0 Å². The zero-order valence-corrected chi connectivity index (χ0v) is 8.76. The number of carbonyl (C=O) groups is 1. The van der Waals surface area contributed by atoms with Crippen molar-refractivity contribution < 1.29 is 4.79 Å². The average molecular weight is 209 g/mol. The molecule has 1 nitrogen and oxygen atoms in total. The Hall–Kier alpha value is -0.820. The largest absolute Gasteiger partial charge is 0.298 e. The molecule has 0 amide bonds. The van der Waals surface area contributed by atoms with Crippen LogP contribution in [0.15, 0.2) is 18.2 Å². The second kappa shape index (κ2) is 4.14. The smallest absolute Gasteiger partial charge is 0.150 e. The fourth-order valence-electron chi connectivity index (χ4n) is 2.20. The molecule has 0 radical (unpaired) electrons. The van der Waals surface area contributed by atoms with E-state index in [4.69, 9.17) is 11.6 Å². The lowest BCUT2D eigenvalue weighted by Crippen LogP contribution is -1.93. The van der Waals surface area contributed by atoms with E-state index in [0.29, 0.717) is 16.5 Å². The Morgan fingerprint density at radius 3 is 2.57 bits per heavy atom. The summed E-state index contributed by atoms with van der Waals surface area (Å²) in [7, 11) is 0. The van der Waals surface area contributed by atoms with E-state index >= 15 is 0 Å². The van der Waals surface area contributed by atoms with Gasteiger partial charge in [-0.05, 0) is 42.5 Å². The third kappa shape index (κ3) is 1.98. The third-order valence-electron chi connectivity index (χ3n) is 2.91. The highest BCUT2D eigenvalue weighted by molar-refractivity contribution is 6.30. The fraction of sp³-hybridized carbons (Fsp3) is 0.417. The number of carbonyl (C=O) groups excluding carboxylic acids is 1. The van der Waals surface area contributed by atoms with Crippen LogP contribution in [-0.4, -0.2) is 6.29 Å². The highest BCUT2D eigenvalue weighted by atomic mass is 35.5. The summed E-state index contributed by atoms with van der Waals surface area (Å²) in [6.45, 7) is 0. The zero-order chi connectivity index (χ0) is 9.97. The first kappa shape index (κ1) is 9.72. The van der Waals surface area contributed by atoms with Crippen molar-refractivity contribution in [2.45, 2.75) is 31.6 Å². The van der Waals surface area contributed by atoms with Gasteiger partial charge in [0.1, 0.15) is 6.29 Å². The highest BCUT2D eigenvalue weighted by Crippen LogP contribution is 2.35. The molecule has 0 atom stereocenters. The molecule has 1 aliphatic rings. The molecule has 0 bridgehead atoms. The Balaban J connectivity index is 2.31. The summed E-state index contributed by atoms with van der Waals surface area (Å²) >= 11 is 5.95. The summed E-state index contributed by atoms with van der Waals surface area (Å²) in [5.74, 6) is 0.618. The van der Waals surface area contributed by atoms with E-state index in [2.05, 4.69) is 0 Å².